The summed E-state index contributed by atoms with van der Waals surface area (Å²) >= 11 is 0. The summed E-state index contributed by atoms with van der Waals surface area (Å²) in [4.78, 5) is 53.3. The fourth-order valence-electron chi connectivity index (χ4n) is 5.53. The van der Waals surface area contributed by atoms with Crippen LogP contribution in [0.2, 0.25) is 0 Å². The summed E-state index contributed by atoms with van der Waals surface area (Å²) in [7, 11) is -4.82. The largest absolute Gasteiger partial charge is 0.463 e. The lowest BCUT2D eigenvalue weighted by atomic mass is 9.77. The maximum Gasteiger partial charge on any atom is 0.362 e. The van der Waals surface area contributed by atoms with Gasteiger partial charge in [-0.25, -0.2) is 23.8 Å². The van der Waals surface area contributed by atoms with Gasteiger partial charge in [0.2, 0.25) is 5.91 Å². The van der Waals surface area contributed by atoms with E-state index in [1.165, 1.54) is 12.5 Å². The zero-order valence-corrected chi connectivity index (χ0v) is 22.8. The third kappa shape index (κ3) is 5.95. The lowest BCUT2D eigenvalue weighted by Gasteiger charge is -2.49. The van der Waals surface area contributed by atoms with Crippen LogP contribution in [0, 0.1) is 5.92 Å². The van der Waals surface area contributed by atoms with Crippen LogP contribution in [0.5, 0.6) is 0 Å². The van der Waals surface area contributed by atoms with Crippen LogP contribution >= 0.6 is 0 Å². The van der Waals surface area contributed by atoms with Crippen LogP contribution in [-0.4, -0.2) is 82.4 Å². The van der Waals surface area contributed by atoms with Gasteiger partial charge in [-0.2, -0.15) is 13.5 Å². The lowest BCUT2D eigenvalue weighted by molar-refractivity contribution is -0.149. The number of carbonyl (C=O) groups excluding carboxylic acids is 4. The topological polar surface area (TPSA) is 182 Å². The van der Waals surface area contributed by atoms with Gasteiger partial charge < -0.3 is 15.1 Å². The average molecular weight is 587 g/mol. The van der Waals surface area contributed by atoms with E-state index in [1.807, 2.05) is 0 Å². The zero-order chi connectivity index (χ0) is 29.1. The highest BCUT2D eigenvalue weighted by atomic mass is 32.2. The van der Waals surface area contributed by atoms with E-state index < -0.39 is 52.3 Å². The molecule has 5 rings (SSSR count). The number of nitrogens with one attached hydrogen (secondary N) is 2. The van der Waals surface area contributed by atoms with Crippen molar-refractivity contribution in [2.45, 2.75) is 50.2 Å². The molecule has 1 aliphatic carbocycles. The van der Waals surface area contributed by atoms with E-state index >= 15 is 0 Å². The molecule has 41 heavy (non-hydrogen) atoms. The molecule has 15 heteroatoms. The molecular weight excluding hydrogens is 556 g/mol. The molecule has 0 bridgehead atoms. The summed E-state index contributed by atoms with van der Waals surface area (Å²) in [5, 5.41) is 10.3. The molecule has 3 aliphatic rings. The lowest BCUT2D eigenvalue weighted by Crippen LogP contribution is -2.74. The van der Waals surface area contributed by atoms with Crippen molar-refractivity contribution in [3.05, 3.63) is 60.1 Å². The Bertz CT molecular complexity index is 1420. The monoisotopic (exact) mass is 586 g/mol. The van der Waals surface area contributed by atoms with Gasteiger partial charge in [0.25, 0.3) is 5.91 Å². The highest BCUT2D eigenvalue weighted by molar-refractivity contribution is 7.84. The predicted molar refractivity (Wildman–Crippen MR) is 144 cm³/mol. The molecule has 1 aromatic carbocycles. The van der Waals surface area contributed by atoms with E-state index in [0.717, 1.165) is 29.2 Å². The Labute approximate surface area is 236 Å². The molecule has 1 aromatic heterocycles. The fourth-order valence-corrected chi connectivity index (χ4v) is 6.48. The van der Waals surface area contributed by atoms with E-state index in [4.69, 9.17) is 4.42 Å². The van der Waals surface area contributed by atoms with Crippen molar-refractivity contribution in [1.29, 1.82) is 0 Å². The SMILES string of the molecule is O=C(N[C@@H]1C(=O)N(S(=O)(=O)O)[C@H]1C1CCCCC1)C(NC(=O)N1CCN(/N=C/c2ccco2)C1=O)c1ccccc1. The van der Waals surface area contributed by atoms with Gasteiger partial charge in [0.1, 0.15) is 17.8 Å². The first-order valence-electron chi connectivity index (χ1n) is 13.3. The first-order chi connectivity index (χ1) is 19.6. The number of rotatable bonds is 8. The molecule has 6 amide bonds. The first kappa shape index (κ1) is 28.3. The molecule has 2 saturated heterocycles. The number of furan rings is 1. The molecule has 1 unspecified atom stereocenters. The number of hydrazone groups is 1. The molecule has 0 radical (unpaired) electrons. The van der Waals surface area contributed by atoms with Crippen LogP contribution in [0.4, 0.5) is 9.59 Å². The van der Waals surface area contributed by atoms with Crippen LogP contribution in [-0.2, 0) is 19.9 Å². The Morgan fingerprint density at radius 1 is 1.05 bits per heavy atom. The highest BCUT2D eigenvalue weighted by Crippen LogP contribution is 2.37. The number of benzene rings is 1. The number of imide groups is 1. The zero-order valence-electron chi connectivity index (χ0n) is 22.0. The number of urea groups is 2. The number of β-lactam (4-membered cyclic amide) rings is 1. The van der Waals surface area contributed by atoms with Crippen molar-refractivity contribution in [1.82, 2.24) is 24.8 Å². The minimum Gasteiger partial charge on any atom is -0.463 e. The molecule has 3 N–H and O–H groups in total. The molecule has 0 spiro atoms. The number of nitrogens with zero attached hydrogens (tertiary/aromatic N) is 4. The second-order valence-electron chi connectivity index (χ2n) is 10.1. The van der Waals surface area contributed by atoms with Gasteiger partial charge in [-0.3, -0.25) is 14.1 Å². The summed E-state index contributed by atoms with van der Waals surface area (Å²) in [5.74, 6) is -1.52. The molecular formula is C26H30N6O8S. The van der Waals surface area contributed by atoms with Crippen LogP contribution in [0.15, 0.2) is 58.2 Å². The van der Waals surface area contributed by atoms with Gasteiger partial charge >= 0.3 is 22.4 Å². The minimum atomic E-state index is -4.82. The Morgan fingerprint density at radius 3 is 2.44 bits per heavy atom. The van der Waals surface area contributed by atoms with Crippen LogP contribution in [0.3, 0.4) is 0 Å². The Hall–Kier alpha value is -4.24. The van der Waals surface area contributed by atoms with Gasteiger partial charge in [0.15, 0.2) is 0 Å². The van der Waals surface area contributed by atoms with E-state index in [-0.39, 0.29) is 19.0 Å². The molecule has 3 heterocycles. The van der Waals surface area contributed by atoms with Crippen LogP contribution in [0.25, 0.3) is 0 Å². The maximum atomic E-state index is 13.6. The van der Waals surface area contributed by atoms with Crippen molar-refractivity contribution in [2.24, 2.45) is 11.0 Å². The maximum absolute atomic E-state index is 13.6. The molecule has 218 valence electrons. The Morgan fingerprint density at radius 2 is 1.78 bits per heavy atom. The summed E-state index contributed by atoms with van der Waals surface area (Å²) in [6.07, 6.45) is 6.73. The molecule has 1 saturated carbocycles. The van der Waals surface area contributed by atoms with Gasteiger partial charge in [-0.1, -0.05) is 49.6 Å². The van der Waals surface area contributed by atoms with Gasteiger partial charge in [-0.05, 0) is 36.5 Å². The number of hydrogen-bond acceptors (Lipinski definition) is 8. The van der Waals surface area contributed by atoms with Crippen molar-refractivity contribution in [2.75, 3.05) is 13.1 Å². The van der Waals surface area contributed by atoms with Gasteiger partial charge in [0.05, 0.1) is 31.6 Å². The van der Waals surface area contributed by atoms with Gasteiger partial charge in [-0.15, -0.1) is 0 Å². The van der Waals surface area contributed by atoms with Gasteiger partial charge in [0, 0.05) is 0 Å². The standard InChI is InChI=1S/C26H30N6O8S/c33-23(28-21-22(18-10-5-2-6-11-18)32(24(21)34)41(37,38)39)20(17-8-3-1-4-9-17)29-25(35)30-13-14-31(26(30)36)27-16-19-12-7-15-40-19/h1,3-4,7-9,12,15-16,18,20-22H,2,5-6,10-11,13-14H2,(H,28,33)(H,29,35)(H,37,38,39)/b27-16+/t20?,21-,22-/m0/s1. The third-order valence-corrected chi connectivity index (χ3v) is 8.46. The highest BCUT2D eigenvalue weighted by Gasteiger charge is 2.57. The average Bonchev–Trinajstić information content (AvgIpc) is 3.61. The van der Waals surface area contributed by atoms with Crippen LogP contribution in [0.1, 0.15) is 49.5 Å². The second kappa shape index (κ2) is 11.7. The normalized spacial score (nSPS) is 22.6. The predicted octanol–water partition coefficient (Wildman–Crippen LogP) is 1.88. The molecule has 3 atom stereocenters. The molecule has 14 nitrogen and oxygen atoms in total. The number of hydrogen-bond donors (Lipinski definition) is 3. The van der Waals surface area contributed by atoms with E-state index in [0.29, 0.717) is 28.5 Å². The van der Waals surface area contributed by atoms with Crippen molar-refractivity contribution >= 4 is 40.4 Å². The van der Waals surface area contributed by atoms with E-state index in [1.54, 1.807) is 42.5 Å². The summed E-state index contributed by atoms with van der Waals surface area (Å²) in [6.45, 7) is 0.133. The Balaban J connectivity index is 1.31. The first-order valence-corrected chi connectivity index (χ1v) is 14.7. The van der Waals surface area contributed by atoms with Crippen molar-refractivity contribution in [3.8, 4) is 0 Å². The smallest absolute Gasteiger partial charge is 0.362 e. The summed E-state index contributed by atoms with van der Waals surface area (Å²) < 4.78 is 39.2. The van der Waals surface area contributed by atoms with E-state index in [9.17, 15) is 32.1 Å². The van der Waals surface area contributed by atoms with E-state index in [2.05, 4.69) is 15.7 Å². The number of amides is 6. The molecule has 2 aromatic rings. The van der Waals surface area contributed by atoms with Crippen LogP contribution < -0.4 is 10.6 Å². The van der Waals surface area contributed by atoms with Crippen molar-refractivity contribution in [3.63, 3.8) is 0 Å². The minimum absolute atomic E-state index is 0.0114. The Kier molecular flexibility index (Phi) is 8.08. The molecule has 2 aliphatic heterocycles. The number of carbonyl (C=O) groups is 4. The quantitative estimate of drug-likeness (QED) is 0.238. The summed E-state index contributed by atoms with van der Waals surface area (Å²) in [6, 6.07) is 6.56. The summed E-state index contributed by atoms with van der Waals surface area (Å²) in [5.41, 5.74) is 0.380. The van der Waals surface area contributed by atoms with Crippen molar-refractivity contribution < 1.29 is 36.6 Å². The third-order valence-electron chi connectivity index (χ3n) is 7.54. The molecule has 3 fully saturated rings. The second-order valence-corrected chi connectivity index (χ2v) is 11.4. The fraction of sp³-hybridized carbons (Fsp3) is 0.423.